The number of carbonyl (C=O) groups is 3. The van der Waals surface area contributed by atoms with Crippen LogP contribution in [0.5, 0.6) is 0 Å². The summed E-state index contributed by atoms with van der Waals surface area (Å²) in [4.78, 5) is 41.6. The molecule has 1 saturated heterocycles. The number of anilines is 1. The van der Waals surface area contributed by atoms with E-state index in [1.165, 1.54) is 6.08 Å². The lowest BCUT2D eigenvalue weighted by Crippen LogP contribution is -2.54. The highest BCUT2D eigenvalue weighted by Crippen LogP contribution is 2.46. The Labute approximate surface area is 184 Å². The van der Waals surface area contributed by atoms with Crippen LogP contribution in [0.15, 0.2) is 36.9 Å². The first kappa shape index (κ1) is 22.8. The molecular weight excluding hydrogens is 394 g/mol. The van der Waals surface area contributed by atoms with E-state index in [4.69, 9.17) is 4.74 Å². The number of carbonyl (C=O) groups excluding carboxylic acids is 3. The minimum atomic E-state index is -0.729. The number of para-hydroxylation sites is 1. The van der Waals surface area contributed by atoms with Gasteiger partial charge < -0.3 is 15.0 Å². The van der Waals surface area contributed by atoms with E-state index >= 15 is 0 Å². The highest BCUT2D eigenvalue weighted by atomic mass is 16.6. The number of nitrogens with one attached hydrogen (secondary N) is 1. The van der Waals surface area contributed by atoms with E-state index in [0.29, 0.717) is 13.1 Å². The van der Waals surface area contributed by atoms with Crippen molar-refractivity contribution in [2.45, 2.75) is 64.6 Å². The van der Waals surface area contributed by atoms with E-state index in [2.05, 4.69) is 11.9 Å². The molecule has 31 heavy (non-hydrogen) atoms. The van der Waals surface area contributed by atoms with Gasteiger partial charge in [0, 0.05) is 18.7 Å². The number of benzene rings is 1. The molecule has 2 aliphatic heterocycles. The molecule has 2 heterocycles. The van der Waals surface area contributed by atoms with Crippen molar-refractivity contribution in [2.24, 2.45) is 5.92 Å². The lowest BCUT2D eigenvalue weighted by atomic mass is 9.90. The molecule has 7 heteroatoms. The second-order valence-electron chi connectivity index (χ2n) is 9.80. The Hall–Kier alpha value is -2.83. The minimum Gasteiger partial charge on any atom is -0.443 e. The van der Waals surface area contributed by atoms with Gasteiger partial charge in [0.25, 0.3) is 0 Å². The molecule has 1 fully saturated rings. The van der Waals surface area contributed by atoms with Crippen molar-refractivity contribution < 1.29 is 19.1 Å². The highest BCUT2D eigenvalue weighted by molar-refractivity contribution is 5.94. The van der Waals surface area contributed by atoms with E-state index in [0.717, 1.165) is 24.1 Å². The van der Waals surface area contributed by atoms with Gasteiger partial charge in [0.2, 0.25) is 11.8 Å². The van der Waals surface area contributed by atoms with E-state index in [-0.39, 0.29) is 17.7 Å². The highest BCUT2D eigenvalue weighted by Gasteiger charge is 2.50. The molecule has 0 spiro atoms. The predicted molar refractivity (Wildman–Crippen MR) is 120 cm³/mol. The van der Waals surface area contributed by atoms with Crippen molar-refractivity contribution in [3.8, 4) is 0 Å². The smallest absolute Gasteiger partial charge is 0.415 e. The van der Waals surface area contributed by atoms with Gasteiger partial charge in [-0.1, -0.05) is 24.8 Å². The Kier molecular flexibility index (Phi) is 6.16. The molecule has 168 valence electrons. The van der Waals surface area contributed by atoms with Crippen LogP contribution in [0.1, 0.15) is 59.1 Å². The van der Waals surface area contributed by atoms with Crippen LogP contribution in [-0.2, 0) is 14.3 Å². The average molecular weight is 428 g/mol. The minimum absolute atomic E-state index is 0.111. The van der Waals surface area contributed by atoms with Crippen molar-refractivity contribution in [3.63, 3.8) is 0 Å². The number of rotatable bonds is 3. The van der Waals surface area contributed by atoms with E-state index < -0.39 is 23.3 Å². The zero-order chi connectivity index (χ0) is 23.0. The lowest BCUT2D eigenvalue weighted by molar-refractivity contribution is -0.132. The van der Waals surface area contributed by atoms with Crippen LogP contribution in [0.4, 0.5) is 10.5 Å². The molecule has 2 unspecified atom stereocenters. The first-order valence-electron chi connectivity index (χ1n) is 10.8. The summed E-state index contributed by atoms with van der Waals surface area (Å²) in [6.07, 6.45) is 2.33. The van der Waals surface area contributed by atoms with E-state index in [9.17, 15) is 14.4 Å². The predicted octanol–water partition coefficient (Wildman–Crippen LogP) is 3.80. The Morgan fingerprint density at radius 1 is 1.23 bits per heavy atom. The van der Waals surface area contributed by atoms with Crippen LogP contribution in [0.2, 0.25) is 0 Å². The van der Waals surface area contributed by atoms with Gasteiger partial charge in [-0.05, 0) is 59.6 Å². The average Bonchev–Trinajstić information content (AvgIpc) is 2.92. The summed E-state index contributed by atoms with van der Waals surface area (Å²) in [7, 11) is 0. The van der Waals surface area contributed by atoms with Crippen LogP contribution in [0.25, 0.3) is 0 Å². The Bertz CT molecular complexity index is 887. The molecule has 0 aromatic heterocycles. The second kappa shape index (κ2) is 8.36. The molecule has 2 aliphatic rings. The fourth-order valence-corrected chi connectivity index (χ4v) is 4.43. The number of likely N-dealkylation sites (tertiary alicyclic amines) is 1. The van der Waals surface area contributed by atoms with Gasteiger partial charge in [0.1, 0.15) is 5.60 Å². The van der Waals surface area contributed by atoms with Crippen molar-refractivity contribution in [3.05, 3.63) is 42.5 Å². The number of hydrogen-bond acceptors (Lipinski definition) is 4. The molecule has 3 amide bonds. The third kappa shape index (κ3) is 4.60. The lowest BCUT2D eigenvalue weighted by Gasteiger charge is -2.38. The molecule has 0 bridgehead atoms. The van der Waals surface area contributed by atoms with Gasteiger partial charge in [-0.25, -0.2) is 4.79 Å². The van der Waals surface area contributed by atoms with Crippen LogP contribution >= 0.6 is 0 Å². The summed E-state index contributed by atoms with van der Waals surface area (Å²) in [6.45, 7) is 13.9. The third-order valence-corrected chi connectivity index (χ3v) is 5.91. The number of piperidine rings is 1. The van der Waals surface area contributed by atoms with Gasteiger partial charge in [0.15, 0.2) is 0 Å². The van der Waals surface area contributed by atoms with Gasteiger partial charge in [-0.2, -0.15) is 0 Å². The van der Waals surface area contributed by atoms with Crippen molar-refractivity contribution in [2.75, 3.05) is 18.0 Å². The van der Waals surface area contributed by atoms with Gasteiger partial charge in [-0.15, -0.1) is 0 Å². The summed E-state index contributed by atoms with van der Waals surface area (Å²) in [6, 6.07) is 7.18. The van der Waals surface area contributed by atoms with Crippen molar-refractivity contribution >= 4 is 23.6 Å². The molecule has 1 aromatic rings. The third-order valence-electron chi connectivity index (χ3n) is 5.91. The normalized spacial score (nSPS) is 22.5. The van der Waals surface area contributed by atoms with Crippen molar-refractivity contribution in [1.82, 2.24) is 10.2 Å². The summed E-state index contributed by atoms with van der Waals surface area (Å²) in [5.74, 6) is -0.559. The zero-order valence-electron chi connectivity index (χ0n) is 19.1. The number of nitrogens with zero attached hydrogens (tertiary/aromatic N) is 2. The van der Waals surface area contributed by atoms with Gasteiger partial charge in [-0.3, -0.25) is 14.5 Å². The largest absolute Gasteiger partial charge is 0.443 e. The standard InChI is InChI=1S/C24H33N3O4/c1-7-19(28)26-14-10-11-16(15-26)21(29)25-20-17-12-8-9-13-18(17)27(24(20,5)6)22(30)31-23(2,3)4/h7-9,12-13,16,20H,1,10-11,14-15H2,2-6H3,(H,25,29). The molecule has 1 aromatic carbocycles. The van der Waals surface area contributed by atoms with Gasteiger partial charge in [0.05, 0.1) is 23.2 Å². The van der Waals surface area contributed by atoms with E-state index in [1.54, 1.807) is 9.80 Å². The Balaban J connectivity index is 1.84. The molecule has 2 atom stereocenters. The molecular formula is C24H33N3O4. The number of ether oxygens (including phenoxy) is 1. The van der Waals surface area contributed by atoms with Crippen LogP contribution in [-0.4, -0.2) is 47.0 Å². The quantitative estimate of drug-likeness (QED) is 0.744. The number of fused-ring (bicyclic) bond motifs is 1. The second-order valence-corrected chi connectivity index (χ2v) is 9.80. The Morgan fingerprint density at radius 3 is 2.55 bits per heavy atom. The van der Waals surface area contributed by atoms with Gasteiger partial charge >= 0.3 is 6.09 Å². The first-order chi connectivity index (χ1) is 14.5. The summed E-state index contributed by atoms with van der Waals surface area (Å²) < 4.78 is 5.66. The zero-order valence-corrected chi connectivity index (χ0v) is 19.1. The first-order valence-corrected chi connectivity index (χ1v) is 10.8. The van der Waals surface area contributed by atoms with Crippen molar-refractivity contribution in [1.29, 1.82) is 0 Å². The van der Waals surface area contributed by atoms with Crippen LogP contribution in [0, 0.1) is 5.92 Å². The maximum Gasteiger partial charge on any atom is 0.415 e. The van der Waals surface area contributed by atoms with E-state index in [1.807, 2.05) is 58.9 Å². The fourth-order valence-electron chi connectivity index (χ4n) is 4.43. The van der Waals surface area contributed by atoms with Crippen LogP contribution in [0.3, 0.4) is 0 Å². The monoisotopic (exact) mass is 427 g/mol. The SMILES string of the molecule is C=CC(=O)N1CCCC(C(=O)NC2c3ccccc3N(C(=O)OC(C)(C)C)C2(C)C)C1. The Morgan fingerprint density at radius 2 is 1.90 bits per heavy atom. The molecule has 0 saturated carbocycles. The topological polar surface area (TPSA) is 79.0 Å². The molecule has 3 rings (SSSR count). The summed E-state index contributed by atoms with van der Waals surface area (Å²) >= 11 is 0. The number of hydrogen-bond donors (Lipinski definition) is 1. The maximum atomic E-state index is 13.2. The summed E-state index contributed by atoms with van der Waals surface area (Å²) in [5.41, 5.74) is 0.250. The maximum absolute atomic E-state index is 13.2. The molecule has 0 aliphatic carbocycles. The molecule has 0 radical (unpaired) electrons. The van der Waals surface area contributed by atoms with Crippen LogP contribution < -0.4 is 10.2 Å². The fraction of sp³-hybridized carbons (Fsp3) is 0.542. The molecule has 1 N–H and O–H groups in total. The summed E-state index contributed by atoms with van der Waals surface area (Å²) in [5, 5.41) is 3.17. The molecule has 7 nitrogen and oxygen atoms in total. The number of amides is 3.